The smallest absolute Gasteiger partial charge is 0.238 e. The normalized spacial score (nSPS) is 16.0. The molecular formula is C20H22N2O2S. The van der Waals surface area contributed by atoms with E-state index >= 15 is 0 Å². The predicted octanol–water partition coefficient (Wildman–Crippen LogP) is 4.47. The van der Waals surface area contributed by atoms with E-state index in [2.05, 4.69) is 17.6 Å². The van der Waals surface area contributed by atoms with Crippen molar-refractivity contribution in [1.82, 2.24) is 0 Å². The van der Waals surface area contributed by atoms with Crippen molar-refractivity contribution >= 4 is 35.0 Å². The molecule has 0 saturated carbocycles. The Morgan fingerprint density at radius 3 is 2.68 bits per heavy atom. The summed E-state index contributed by atoms with van der Waals surface area (Å²) in [4.78, 5) is 25.5. The van der Waals surface area contributed by atoms with Gasteiger partial charge in [0, 0.05) is 17.0 Å². The highest BCUT2D eigenvalue weighted by Crippen LogP contribution is 2.36. The Labute approximate surface area is 152 Å². The van der Waals surface area contributed by atoms with Crippen molar-refractivity contribution in [2.24, 2.45) is 0 Å². The van der Waals surface area contributed by atoms with Crippen molar-refractivity contribution in [3.8, 4) is 0 Å². The lowest BCUT2D eigenvalue weighted by Crippen LogP contribution is -2.32. The van der Waals surface area contributed by atoms with Gasteiger partial charge in [0.25, 0.3) is 0 Å². The average Bonchev–Trinajstić information content (AvgIpc) is 2.62. The van der Waals surface area contributed by atoms with Crippen molar-refractivity contribution < 1.29 is 9.59 Å². The molecule has 0 bridgehead atoms. The maximum atomic E-state index is 12.3. The van der Waals surface area contributed by atoms with E-state index in [1.807, 2.05) is 48.5 Å². The molecule has 0 aliphatic carbocycles. The lowest BCUT2D eigenvalue weighted by atomic mass is 10.1. The highest BCUT2D eigenvalue weighted by atomic mass is 32.2. The summed E-state index contributed by atoms with van der Waals surface area (Å²) < 4.78 is 0. The van der Waals surface area contributed by atoms with E-state index in [4.69, 9.17) is 0 Å². The Balaban J connectivity index is 1.56. The number of hydrogen-bond acceptors (Lipinski definition) is 3. The zero-order valence-electron chi connectivity index (χ0n) is 14.2. The molecule has 0 aromatic heterocycles. The molecule has 0 fully saturated rings. The first kappa shape index (κ1) is 17.5. The Kier molecular flexibility index (Phi) is 5.76. The van der Waals surface area contributed by atoms with Gasteiger partial charge >= 0.3 is 0 Å². The van der Waals surface area contributed by atoms with Crippen LogP contribution in [0, 0.1) is 0 Å². The molecular weight excluding hydrogens is 332 g/mol. The lowest BCUT2D eigenvalue weighted by molar-refractivity contribution is -0.120. The second-order valence-electron chi connectivity index (χ2n) is 6.14. The van der Waals surface area contributed by atoms with Crippen LogP contribution in [0.2, 0.25) is 0 Å². The van der Waals surface area contributed by atoms with Crippen LogP contribution in [0.1, 0.15) is 31.7 Å². The molecule has 0 saturated heterocycles. The van der Waals surface area contributed by atoms with Gasteiger partial charge in [-0.3, -0.25) is 9.59 Å². The first-order chi connectivity index (χ1) is 12.2. The Morgan fingerprint density at radius 1 is 1.16 bits per heavy atom. The maximum absolute atomic E-state index is 12.3. The number of unbranched alkanes of at least 4 members (excludes halogenated alkanes) is 1. The Hall–Kier alpha value is -2.27. The summed E-state index contributed by atoms with van der Waals surface area (Å²) in [5.74, 6) is -0.262. The van der Waals surface area contributed by atoms with Crippen LogP contribution in [-0.2, 0) is 16.0 Å². The second kappa shape index (κ2) is 8.21. The summed E-state index contributed by atoms with van der Waals surface area (Å²) >= 11 is 1.44. The molecule has 25 heavy (non-hydrogen) atoms. The van der Waals surface area contributed by atoms with Crippen LogP contribution < -0.4 is 10.6 Å². The van der Waals surface area contributed by atoms with Gasteiger partial charge in [-0.1, -0.05) is 37.6 Å². The molecule has 1 heterocycles. The van der Waals surface area contributed by atoms with E-state index < -0.39 is 5.25 Å². The van der Waals surface area contributed by atoms with Crippen LogP contribution in [0.5, 0.6) is 0 Å². The number of aryl methyl sites for hydroxylation is 1. The van der Waals surface area contributed by atoms with Crippen molar-refractivity contribution in [2.45, 2.75) is 42.8 Å². The van der Waals surface area contributed by atoms with Crippen LogP contribution in [0.15, 0.2) is 53.4 Å². The average molecular weight is 354 g/mol. The van der Waals surface area contributed by atoms with Gasteiger partial charge in [-0.15, -0.1) is 11.8 Å². The molecule has 2 amide bonds. The van der Waals surface area contributed by atoms with E-state index in [1.54, 1.807) is 0 Å². The number of rotatable bonds is 6. The first-order valence-corrected chi connectivity index (χ1v) is 9.49. The van der Waals surface area contributed by atoms with E-state index in [0.29, 0.717) is 0 Å². The molecule has 0 radical (unpaired) electrons. The number of amides is 2. The van der Waals surface area contributed by atoms with Crippen molar-refractivity contribution in [3.63, 3.8) is 0 Å². The van der Waals surface area contributed by atoms with E-state index in [0.717, 1.165) is 22.7 Å². The van der Waals surface area contributed by atoms with Crippen molar-refractivity contribution in [3.05, 3.63) is 54.1 Å². The SMILES string of the molecule is CCCCc1ccc(NC(=O)C[C@@H]2Sc3ccccc3NC2=O)cc1. The van der Waals surface area contributed by atoms with Gasteiger partial charge in [0.05, 0.1) is 10.9 Å². The largest absolute Gasteiger partial charge is 0.326 e. The summed E-state index contributed by atoms with van der Waals surface area (Å²) in [6, 6.07) is 15.6. The molecule has 2 aromatic rings. The van der Waals surface area contributed by atoms with Gasteiger partial charge in [0.1, 0.15) is 0 Å². The number of fused-ring (bicyclic) bond motifs is 1. The highest BCUT2D eigenvalue weighted by Gasteiger charge is 2.28. The number of carbonyl (C=O) groups excluding carboxylic acids is 2. The summed E-state index contributed by atoms with van der Waals surface area (Å²) in [6.45, 7) is 2.17. The maximum Gasteiger partial charge on any atom is 0.238 e. The summed E-state index contributed by atoms with van der Waals surface area (Å²) in [7, 11) is 0. The van der Waals surface area contributed by atoms with Gasteiger partial charge in [0.15, 0.2) is 0 Å². The standard InChI is InChI=1S/C20H22N2O2S/c1-2-3-6-14-9-11-15(12-10-14)21-19(23)13-18-20(24)22-16-7-4-5-8-17(16)25-18/h4-5,7-12,18H,2-3,6,13H2,1H3,(H,21,23)(H,22,24)/t18-/m0/s1. The molecule has 0 spiro atoms. The molecule has 5 heteroatoms. The fraction of sp³-hybridized carbons (Fsp3) is 0.300. The van der Waals surface area contributed by atoms with Gasteiger partial charge in [-0.25, -0.2) is 0 Å². The monoisotopic (exact) mass is 354 g/mol. The number of carbonyl (C=O) groups is 2. The van der Waals surface area contributed by atoms with E-state index in [1.165, 1.54) is 30.2 Å². The first-order valence-electron chi connectivity index (χ1n) is 8.61. The predicted molar refractivity (Wildman–Crippen MR) is 103 cm³/mol. The number of thioether (sulfide) groups is 1. The Morgan fingerprint density at radius 2 is 1.92 bits per heavy atom. The minimum absolute atomic E-state index is 0.117. The van der Waals surface area contributed by atoms with Crippen LogP contribution in [-0.4, -0.2) is 17.1 Å². The molecule has 2 N–H and O–H groups in total. The summed E-state index contributed by atoms with van der Waals surface area (Å²) in [5, 5.41) is 5.35. The molecule has 2 aromatic carbocycles. The van der Waals surface area contributed by atoms with Gasteiger partial charge in [-0.05, 0) is 42.7 Å². The molecule has 0 unspecified atom stereocenters. The van der Waals surface area contributed by atoms with Crippen LogP contribution in [0.25, 0.3) is 0 Å². The van der Waals surface area contributed by atoms with Crippen LogP contribution in [0.3, 0.4) is 0 Å². The highest BCUT2D eigenvalue weighted by molar-refractivity contribution is 8.01. The van der Waals surface area contributed by atoms with Gasteiger partial charge in [0.2, 0.25) is 11.8 Å². The van der Waals surface area contributed by atoms with Gasteiger partial charge in [-0.2, -0.15) is 0 Å². The van der Waals surface area contributed by atoms with E-state index in [-0.39, 0.29) is 18.2 Å². The molecule has 4 nitrogen and oxygen atoms in total. The number of nitrogens with one attached hydrogen (secondary N) is 2. The number of para-hydroxylation sites is 1. The molecule has 130 valence electrons. The quantitative estimate of drug-likeness (QED) is 0.804. The number of hydrogen-bond donors (Lipinski definition) is 2. The van der Waals surface area contributed by atoms with Crippen molar-refractivity contribution in [2.75, 3.05) is 10.6 Å². The van der Waals surface area contributed by atoms with E-state index in [9.17, 15) is 9.59 Å². The molecule has 1 atom stereocenters. The minimum Gasteiger partial charge on any atom is -0.326 e. The fourth-order valence-corrected chi connectivity index (χ4v) is 3.85. The second-order valence-corrected chi connectivity index (χ2v) is 7.39. The minimum atomic E-state index is -0.404. The Bertz CT molecular complexity index is 759. The summed E-state index contributed by atoms with van der Waals surface area (Å²) in [6.07, 6.45) is 3.55. The lowest BCUT2D eigenvalue weighted by Gasteiger charge is -2.23. The zero-order valence-corrected chi connectivity index (χ0v) is 15.1. The zero-order chi connectivity index (χ0) is 17.6. The molecule has 1 aliphatic rings. The summed E-state index contributed by atoms with van der Waals surface area (Å²) in [5.41, 5.74) is 2.86. The molecule has 3 rings (SSSR count). The van der Waals surface area contributed by atoms with Crippen molar-refractivity contribution in [1.29, 1.82) is 0 Å². The third-order valence-corrected chi connectivity index (χ3v) is 5.41. The fourth-order valence-electron chi connectivity index (χ4n) is 2.74. The topological polar surface area (TPSA) is 58.2 Å². The van der Waals surface area contributed by atoms with Crippen LogP contribution >= 0.6 is 11.8 Å². The third-order valence-electron chi connectivity index (χ3n) is 4.13. The third kappa shape index (κ3) is 4.63. The molecule has 1 aliphatic heterocycles. The number of benzene rings is 2. The number of anilines is 2. The van der Waals surface area contributed by atoms with Crippen LogP contribution in [0.4, 0.5) is 11.4 Å². The van der Waals surface area contributed by atoms with Gasteiger partial charge < -0.3 is 10.6 Å².